The molecular weight excluding hydrogens is 274 g/mol. The maximum atomic E-state index is 9.90. The summed E-state index contributed by atoms with van der Waals surface area (Å²) >= 11 is 1.66. The number of nitrogens with one attached hydrogen (secondary N) is 1. The first-order valence-corrected chi connectivity index (χ1v) is 7.61. The lowest BCUT2D eigenvalue weighted by Crippen LogP contribution is -2.24. The highest BCUT2D eigenvalue weighted by Gasteiger charge is 2.09. The maximum Gasteiger partial charge on any atom is 0.0945 e. The molecule has 0 aliphatic rings. The molecule has 2 aromatic rings. The molecule has 2 heterocycles. The first kappa shape index (κ1) is 15.0. The summed E-state index contributed by atoms with van der Waals surface area (Å²) in [6.45, 7) is 3.41. The Kier molecular flexibility index (Phi) is 5.58. The van der Waals surface area contributed by atoms with Crippen LogP contribution in [0.1, 0.15) is 17.5 Å². The number of hydrogen-bond acceptors (Lipinski definition) is 5. The molecule has 2 aromatic heterocycles. The highest BCUT2D eigenvalue weighted by Crippen LogP contribution is 2.13. The SMILES string of the molecule is CCc1nn(C)cc1NCC(O)COCc1cccs1. The van der Waals surface area contributed by atoms with E-state index in [9.17, 15) is 5.11 Å². The van der Waals surface area contributed by atoms with Gasteiger partial charge in [-0.1, -0.05) is 13.0 Å². The van der Waals surface area contributed by atoms with Crippen LogP contribution in [-0.4, -0.2) is 34.1 Å². The smallest absolute Gasteiger partial charge is 0.0945 e. The van der Waals surface area contributed by atoms with Gasteiger partial charge in [-0.2, -0.15) is 5.10 Å². The summed E-state index contributed by atoms with van der Waals surface area (Å²) in [6, 6.07) is 4.02. The number of hydrogen-bond donors (Lipinski definition) is 2. The molecule has 0 aliphatic heterocycles. The monoisotopic (exact) mass is 295 g/mol. The summed E-state index contributed by atoms with van der Waals surface area (Å²) in [7, 11) is 1.89. The molecule has 0 saturated carbocycles. The highest BCUT2D eigenvalue weighted by molar-refractivity contribution is 7.09. The molecule has 0 spiro atoms. The Morgan fingerprint density at radius 1 is 1.55 bits per heavy atom. The van der Waals surface area contributed by atoms with Crippen molar-refractivity contribution >= 4 is 17.0 Å². The molecule has 0 bridgehead atoms. The van der Waals surface area contributed by atoms with Crippen LogP contribution in [0.4, 0.5) is 5.69 Å². The fourth-order valence-electron chi connectivity index (χ4n) is 1.92. The molecule has 20 heavy (non-hydrogen) atoms. The summed E-state index contributed by atoms with van der Waals surface area (Å²) in [5.74, 6) is 0. The third kappa shape index (κ3) is 4.33. The third-order valence-electron chi connectivity index (χ3n) is 2.90. The predicted molar refractivity (Wildman–Crippen MR) is 81.1 cm³/mol. The first-order valence-electron chi connectivity index (χ1n) is 6.73. The van der Waals surface area contributed by atoms with Crippen molar-refractivity contribution in [3.05, 3.63) is 34.3 Å². The Morgan fingerprint density at radius 3 is 3.10 bits per heavy atom. The number of nitrogens with zero attached hydrogens (tertiary/aromatic N) is 2. The number of aliphatic hydroxyl groups is 1. The Labute approximate surface area is 123 Å². The molecule has 1 atom stereocenters. The fourth-order valence-corrected chi connectivity index (χ4v) is 2.56. The van der Waals surface area contributed by atoms with E-state index >= 15 is 0 Å². The van der Waals surface area contributed by atoms with Crippen molar-refractivity contribution in [2.75, 3.05) is 18.5 Å². The van der Waals surface area contributed by atoms with Crippen LogP contribution in [0.15, 0.2) is 23.7 Å². The second-order valence-electron chi connectivity index (χ2n) is 4.65. The van der Waals surface area contributed by atoms with Crippen LogP contribution in [-0.2, 0) is 24.8 Å². The van der Waals surface area contributed by atoms with Crippen molar-refractivity contribution in [1.29, 1.82) is 0 Å². The van der Waals surface area contributed by atoms with Gasteiger partial charge < -0.3 is 15.2 Å². The lowest BCUT2D eigenvalue weighted by molar-refractivity contribution is 0.0359. The van der Waals surface area contributed by atoms with E-state index in [1.54, 1.807) is 16.0 Å². The molecule has 0 fully saturated rings. The van der Waals surface area contributed by atoms with E-state index in [-0.39, 0.29) is 0 Å². The van der Waals surface area contributed by atoms with E-state index in [0.717, 1.165) is 17.8 Å². The van der Waals surface area contributed by atoms with Gasteiger partial charge in [0.05, 0.1) is 30.7 Å². The highest BCUT2D eigenvalue weighted by atomic mass is 32.1. The second kappa shape index (κ2) is 7.42. The predicted octanol–water partition coefficient (Wildman–Crippen LogP) is 2.03. The van der Waals surface area contributed by atoms with Crippen molar-refractivity contribution in [2.45, 2.75) is 26.1 Å². The number of ether oxygens (including phenoxy) is 1. The van der Waals surface area contributed by atoms with Crippen molar-refractivity contribution in [2.24, 2.45) is 7.05 Å². The average molecular weight is 295 g/mol. The lowest BCUT2D eigenvalue weighted by atomic mass is 10.3. The van der Waals surface area contributed by atoms with E-state index in [1.807, 2.05) is 30.8 Å². The zero-order valence-corrected chi connectivity index (χ0v) is 12.7. The summed E-state index contributed by atoms with van der Waals surface area (Å²) in [5.41, 5.74) is 1.99. The normalized spacial score (nSPS) is 12.6. The van der Waals surface area contributed by atoms with Gasteiger partial charge >= 0.3 is 0 Å². The topological polar surface area (TPSA) is 59.3 Å². The van der Waals surface area contributed by atoms with Crippen molar-refractivity contribution in [3.8, 4) is 0 Å². The largest absolute Gasteiger partial charge is 0.389 e. The summed E-state index contributed by atoms with van der Waals surface area (Å²) in [4.78, 5) is 1.17. The molecule has 110 valence electrons. The van der Waals surface area contributed by atoms with Crippen molar-refractivity contribution < 1.29 is 9.84 Å². The zero-order chi connectivity index (χ0) is 14.4. The van der Waals surface area contributed by atoms with Crippen molar-refractivity contribution in [3.63, 3.8) is 0 Å². The van der Waals surface area contributed by atoms with Gasteiger partial charge in [-0.25, -0.2) is 0 Å². The molecule has 1 unspecified atom stereocenters. The van der Waals surface area contributed by atoms with Gasteiger partial charge in [-0.3, -0.25) is 4.68 Å². The van der Waals surface area contributed by atoms with E-state index in [4.69, 9.17) is 4.74 Å². The average Bonchev–Trinajstić information content (AvgIpc) is 3.05. The molecule has 0 saturated heterocycles. The lowest BCUT2D eigenvalue weighted by Gasteiger charge is -2.12. The minimum atomic E-state index is -0.528. The van der Waals surface area contributed by atoms with Gasteiger partial charge in [0.1, 0.15) is 0 Å². The second-order valence-corrected chi connectivity index (χ2v) is 5.68. The Hall–Kier alpha value is -1.37. The fraction of sp³-hybridized carbons (Fsp3) is 0.500. The summed E-state index contributed by atoms with van der Waals surface area (Å²) < 4.78 is 7.27. The van der Waals surface area contributed by atoms with E-state index in [0.29, 0.717) is 19.8 Å². The molecule has 0 aliphatic carbocycles. The zero-order valence-electron chi connectivity index (χ0n) is 11.9. The van der Waals surface area contributed by atoms with Crippen molar-refractivity contribution in [1.82, 2.24) is 9.78 Å². The van der Waals surface area contributed by atoms with Crippen LogP contribution in [0.25, 0.3) is 0 Å². The van der Waals surface area contributed by atoms with Gasteiger partial charge in [-0.15, -0.1) is 11.3 Å². The minimum Gasteiger partial charge on any atom is -0.389 e. The minimum absolute atomic E-state index is 0.326. The van der Waals surface area contributed by atoms with Gasteiger partial charge in [0.2, 0.25) is 0 Å². The van der Waals surface area contributed by atoms with Crippen LogP contribution in [0.2, 0.25) is 0 Å². The quantitative estimate of drug-likeness (QED) is 0.782. The molecule has 0 amide bonds. The first-order chi connectivity index (χ1) is 9.69. The number of thiophene rings is 1. The molecule has 2 rings (SSSR count). The van der Waals surface area contributed by atoms with Gasteiger partial charge in [-0.05, 0) is 17.9 Å². The molecule has 6 heteroatoms. The van der Waals surface area contributed by atoms with Gasteiger partial charge in [0.25, 0.3) is 0 Å². The number of aromatic nitrogens is 2. The third-order valence-corrected chi connectivity index (χ3v) is 3.75. The molecule has 0 aromatic carbocycles. The van der Waals surface area contributed by atoms with E-state index < -0.39 is 6.10 Å². The summed E-state index contributed by atoms with van der Waals surface area (Å²) in [6.07, 6.45) is 2.27. The van der Waals surface area contributed by atoms with Crippen LogP contribution >= 0.6 is 11.3 Å². The number of anilines is 1. The maximum absolute atomic E-state index is 9.90. The van der Waals surface area contributed by atoms with Crippen LogP contribution < -0.4 is 5.32 Å². The molecular formula is C14H21N3O2S. The number of aliphatic hydroxyl groups excluding tert-OH is 1. The summed E-state index contributed by atoms with van der Waals surface area (Å²) in [5, 5.41) is 19.5. The Bertz CT molecular complexity index is 510. The number of rotatable bonds is 8. The van der Waals surface area contributed by atoms with Crippen LogP contribution in [0.3, 0.4) is 0 Å². The van der Waals surface area contributed by atoms with E-state index in [1.165, 1.54) is 4.88 Å². The Balaban J connectivity index is 1.70. The number of aryl methyl sites for hydroxylation is 2. The van der Waals surface area contributed by atoms with Crippen LogP contribution in [0, 0.1) is 0 Å². The molecule has 2 N–H and O–H groups in total. The standard InChI is InChI=1S/C14H21N3O2S/c1-3-13-14(8-17(2)16-13)15-7-11(18)9-19-10-12-5-4-6-20-12/h4-6,8,11,15,18H,3,7,9-10H2,1-2H3. The molecule has 5 nitrogen and oxygen atoms in total. The van der Waals surface area contributed by atoms with E-state index in [2.05, 4.69) is 17.3 Å². The van der Waals surface area contributed by atoms with Crippen LogP contribution in [0.5, 0.6) is 0 Å². The Morgan fingerprint density at radius 2 is 2.40 bits per heavy atom. The van der Waals surface area contributed by atoms with Gasteiger partial charge in [0.15, 0.2) is 0 Å². The van der Waals surface area contributed by atoms with Gasteiger partial charge in [0, 0.05) is 24.7 Å². The molecule has 0 radical (unpaired) electrons.